The second-order valence-electron chi connectivity index (χ2n) is 7.81. The average molecular weight is 446 g/mol. The summed E-state index contributed by atoms with van der Waals surface area (Å²) in [6.07, 6.45) is -7.86. The van der Waals surface area contributed by atoms with Gasteiger partial charge in [0, 0.05) is 12.6 Å². The molecule has 0 amide bonds. The lowest BCUT2D eigenvalue weighted by Gasteiger charge is -2.39. The normalized spacial score (nSPS) is 20.6. The molecule has 1 aliphatic rings. The number of alkyl halides is 6. The highest BCUT2D eigenvalue weighted by molar-refractivity contribution is 5.68. The number of benzene rings is 2. The van der Waals surface area contributed by atoms with Crippen molar-refractivity contribution in [2.24, 2.45) is 5.92 Å². The molecule has 1 fully saturated rings. The van der Waals surface area contributed by atoms with Gasteiger partial charge in [-0.15, -0.1) is 0 Å². The van der Waals surface area contributed by atoms with Crippen molar-refractivity contribution >= 4 is 5.97 Å². The lowest BCUT2D eigenvalue weighted by Crippen LogP contribution is -2.37. The van der Waals surface area contributed by atoms with Crippen LogP contribution in [0.3, 0.4) is 0 Å². The number of hydrogen-bond acceptors (Lipinski definition) is 1. The van der Waals surface area contributed by atoms with E-state index in [1.54, 1.807) is 6.07 Å². The van der Waals surface area contributed by atoms with E-state index in [2.05, 4.69) is 0 Å². The summed E-state index contributed by atoms with van der Waals surface area (Å²) in [6, 6.07) is 9.32. The molecular formula is C22H22F6NO2+. The van der Waals surface area contributed by atoms with E-state index in [0.717, 1.165) is 24.3 Å². The van der Waals surface area contributed by atoms with Crippen LogP contribution in [0.2, 0.25) is 0 Å². The van der Waals surface area contributed by atoms with E-state index in [1.165, 1.54) is 18.2 Å². The molecule has 1 aliphatic heterocycles. The third kappa shape index (κ3) is 6.00. The minimum absolute atomic E-state index is 0.0501. The smallest absolute Gasteiger partial charge is 0.339 e. The molecule has 0 unspecified atom stereocenters. The first-order valence-electron chi connectivity index (χ1n) is 9.74. The van der Waals surface area contributed by atoms with Gasteiger partial charge in [0.05, 0.1) is 11.1 Å². The molecule has 2 atom stereocenters. The quantitative estimate of drug-likeness (QED) is 0.444. The Morgan fingerprint density at radius 2 is 1.61 bits per heavy atom. The molecule has 1 heterocycles. The lowest BCUT2D eigenvalue weighted by atomic mass is 9.84. The zero-order valence-corrected chi connectivity index (χ0v) is 16.4. The molecule has 3 nitrogen and oxygen atoms in total. The van der Waals surface area contributed by atoms with Crippen molar-refractivity contribution in [3.8, 4) is 0 Å². The van der Waals surface area contributed by atoms with Gasteiger partial charge in [0.15, 0.2) is 0 Å². The Morgan fingerprint density at radius 3 is 2.19 bits per heavy atom. The summed E-state index contributed by atoms with van der Waals surface area (Å²) < 4.78 is 77.8. The predicted octanol–water partition coefficient (Wildman–Crippen LogP) is 6.13. The van der Waals surface area contributed by atoms with Crippen LogP contribution < -0.4 is 0 Å². The van der Waals surface area contributed by atoms with E-state index < -0.39 is 29.4 Å². The van der Waals surface area contributed by atoms with Crippen LogP contribution in [0.4, 0.5) is 26.3 Å². The van der Waals surface area contributed by atoms with Gasteiger partial charge < -0.3 is 9.90 Å². The highest BCUT2D eigenvalue weighted by Gasteiger charge is 2.35. The van der Waals surface area contributed by atoms with E-state index >= 15 is 0 Å². The van der Waals surface area contributed by atoms with E-state index in [4.69, 9.17) is 0 Å². The van der Waals surface area contributed by atoms with Crippen LogP contribution in [0.15, 0.2) is 48.5 Å². The Labute approximate surface area is 175 Å². The fraction of sp³-hybridized carbons (Fsp3) is 0.409. The molecule has 31 heavy (non-hydrogen) atoms. The number of piperidine rings is 1. The van der Waals surface area contributed by atoms with Gasteiger partial charge in [-0.3, -0.25) is 4.90 Å². The number of carboxylic acids is 1. The molecule has 0 radical (unpaired) electrons. The number of likely N-dealkylation sites (tertiary alicyclic amines) is 1. The fourth-order valence-electron chi connectivity index (χ4n) is 4.04. The largest absolute Gasteiger partial charge is 0.480 e. The number of carboxylic acid groups (broad SMARTS) is 1. The van der Waals surface area contributed by atoms with Crippen LogP contribution in [0.1, 0.15) is 47.6 Å². The Bertz CT molecular complexity index is 907. The Balaban J connectivity index is 1.86. The van der Waals surface area contributed by atoms with Crippen molar-refractivity contribution in [1.29, 1.82) is 0 Å². The van der Waals surface area contributed by atoms with Crippen LogP contribution in [-0.4, -0.2) is 27.3 Å². The highest BCUT2D eigenvalue weighted by Crippen LogP contribution is 2.38. The van der Waals surface area contributed by atoms with Crippen molar-refractivity contribution in [1.82, 2.24) is 4.90 Å². The Morgan fingerprint density at radius 1 is 0.968 bits per heavy atom. The summed E-state index contributed by atoms with van der Waals surface area (Å²) in [4.78, 5) is 11.1. The maximum absolute atomic E-state index is 13.0. The number of halogens is 6. The van der Waals surface area contributed by atoms with E-state index in [-0.39, 0.29) is 24.9 Å². The van der Waals surface area contributed by atoms with Crippen LogP contribution in [0, 0.1) is 5.92 Å². The van der Waals surface area contributed by atoms with Gasteiger partial charge in [0.1, 0.15) is 6.42 Å². The van der Waals surface area contributed by atoms with Gasteiger partial charge in [0.2, 0.25) is 0 Å². The van der Waals surface area contributed by atoms with Crippen molar-refractivity contribution in [3.05, 3.63) is 70.8 Å². The standard InChI is InChI=1S/C22H21F6NO2/c23-21(24,25)17-6-4-16(5-7-17)19-11-14(12-20(30)31)8-9-29(19)13-15-2-1-3-18(10-15)22(26,27)28/h1-7,10,14,19H,8-9,11-13H2,(H,30,31)/p+1/t14-,19+/m0/s1. The molecule has 0 spiro atoms. The van der Waals surface area contributed by atoms with E-state index in [0.29, 0.717) is 30.5 Å². The van der Waals surface area contributed by atoms with Crippen molar-refractivity contribution in [3.63, 3.8) is 0 Å². The molecule has 0 aliphatic carbocycles. The van der Waals surface area contributed by atoms with Crippen LogP contribution >= 0.6 is 0 Å². The third-order valence-corrected chi connectivity index (χ3v) is 5.56. The minimum atomic E-state index is -4.47. The number of aliphatic carboxylic acids is 1. The predicted molar refractivity (Wildman–Crippen MR) is 103 cm³/mol. The maximum atomic E-state index is 13.0. The third-order valence-electron chi connectivity index (χ3n) is 5.56. The van der Waals surface area contributed by atoms with E-state index in [1.807, 2.05) is 4.90 Å². The van der Waals surface area contributed by atoms with Crippen molar-refractivity contribution in [2.75, 3.05) is 6.54 Å². The number of rotatable bonds is 5. The van der Waals surface area contributed by atoms with Crippen molar-refractivity contribution in [2.45, 2.75) is 44.2 Å². The summed E-state index contributed by atoms with van der Waals surface area (Å²) in [5, 5.41) is 9.22. The maximum Gasteiger partial charge on any atom is 0.480 e. The first-order valence-corrected chi connectivity index (χ1v) is 9.74. The second-order valence-corrected chi connectivity index (χ2v) is 7.81. The summed E-state index contributed by atoms with van der Waals surface area (Å²) in [7, 11) is 0. The van der Waals surface area contributed by atoms with Gasteiger partial charge in [-0.25, -0.2) is 0 Å². The molecule has 0 saturated carbocycles. The number of aliphatic hydroxyl groups excluding tert-OH is 1. The van der Waals surface area contributed by atoms with Gasteiger partial charge in [-0.1, -0.05) is 30.3 Å². The summed E-state index contributed by atoms with van der Waals surface area (Å²) in [6.45, 7) is 0.650. The Hall–Kier alpha value is -2.55. The minimum Gasteiger partial charge on any atom is -0.339 e. The molecule has 0 aromatic heterocycles. The molecular weight excluding hydrogens is 424 g/mol. The van der Waals surface area contributed by atoms with Crippen LogP contribution in [0.5, 0.6) is 0 Å². The number of nitrogens with zero attached hydrogens (tertiary/aromatic N) is 1. The number of hydrogen-bond donors (Lipinski definition) is 1. The molecule has 2 N–H and O–H groups in total. The molecule has 1 saturated heterocycles. The zero-order chi connectivity index (χ0) is 22.8. The van der Waals surface area contributed by atoms with E-state index in [9.17, 15) is 36.2 Å². The molecule has 2 aromatic carbocycles. The first-order chi connectivity index (χ1) is 14.4. The second kappa shape index (κ2) is 8.90. The lowest BCUT2D eigenvalue weighted by molar-refractivity contribution is -0.138. The summed E-state index contributed by atoms with van der Waals surface area (Å²) in [5.74, 6) is -0.808. The molecule has 168 valence electrons. The Kier molecular flexibility index (Phi) is 6.64. The first kappa shape index (κ1) is 23.1. The molecule has 0 bridgehead atoms. The topological polar surface area (TPSA) is 44.9 Å². The zero-order valence-electron chi connectivity index (χ0n) is 16.4. The van der Waals surface area contributed by atoms with Crippen LogP contribution in [0.25, 0.3) is 0 Å². The molecule has 2 aromatic rings. The SMILES string of the molecule is OC(=[OH+])C[C@H]1CCN(Cc2cccc(C(F)(F)F)c2)[C@@H](c2ccc(C(F)(F)F)cc2)C1. The average Bonchev–Trinajstić information content (AvgIpc) is 2.68. The van der Waals surface area contributed by atoms with Crippen molar-refractivity contribution < 1.29 is 36.2 Å². The molecule has 3 rings (SSSR count). The van der Waals surface area contributed by atoms with Gasteiger partial charge in [-0.05, 0) is 54.6 Å². The van der Waals surface area contributed by atoms with Crippen LogP contribution in [-0.2, 0) is 18.9 Å². The van der Waals surface area contributed by atoms with Gasteiger partial charge in [-0.2, -0.15) is 26.3 Å². The van der Waals surface area contributed by atoms with Gasteiger partial charge in [0.25, 0.3) is 0 Å². The molecule has 9 heteroatoms. The monoisotopic (exact) mass is 446 g/mol. The summed E-state index contributed by atoms with van der Waals surface area (Å²) in [5.41, 5.74) is -0.496. The highest BCUT2D eigenvalue weighted by atomic mass is 19.4. The summed E-state index contributed by atoms with van der Waals surface area (Å²) >= 11 is 0. The fourth-order valence-corrected chi connectivity index (χ4v) is 4.04. The van der Waals surface area contributed by atoms with Gasteiger partial charge >= 0.3 is 18.3 Å².